The van der Waals surface area contributed by atoms with Gasteiger partial charge in [-0.15, -0.1) is 0 Å². The molecule has 176 valence electrons. The van der Waals surface area contributed by atoms with Crippen LogP contribution in [0.15, 0.2) is 41.3 Å². The Bertz CT molecular complexity index is 960. The van der Waals surface area contributed by atoms with Gasteiger partial charge in [-0.25, -0.2) is 8.42 Å². The number of ether oxygens (including phenoxy) is 1. The van der Waals surface area contributed by atoms with Crippen LogP contribution in [-0.2, 0) is 16.3 Å². The van der Waals surface area contributed by atoms with Crippen molar-refractivity contribution in [2.75, 3.05) is 12.9 Å². The van der Waals surface area contributed by atoms with Gasteiger partial charge in [0.1, 0.15) is 5.75 Å². The van der Waals surface area contributed by atoms with Crippen LogP contribution in [0.25, 0.3) is 0 Å². The Labute approximate surface area is 194 Å². The molecule has 1 N–H and O–H groups in total. The summed E-state index contributed by atoms with van der Waals surface area (Å²) in [6.07, 6.45) is 14.1. The Kier molecular flexibility index (Phi) is 9.99. The third-order valence-electron chi connectivity index (χ3n) is 6.30. The number of rotatable bonds is 11. The predicted octanol–water partition coefficient (Wildman–Crippen LogP) is 5.82. The van der Waals surface area contributed by atoms with E-state index in [1.54, 1.807) is 13.2 Å². The molecule has 1 heterocycles. The summed E-state index contributed by atoms with van der Waals surface area (Å²) in [6.45, 7) is 6.19. The lowest BCUT2D eigenvalue weighted by molar-refractivity contribution is 0.279. The lowest BCUT2D eigenvalue weighted by Gasteiger charge is -2.35. The number of hydrogen-bond acceptors (Lipinski definition) is 5. The number of aryl methyl sites for hydroxylation is 1. The summed E-state index contributed by atoms with van der Waals surface area (Å²) in [7, 11) is -1.88. The Hall–Kier alpha value is -2.10. The molecule has 0 saturated carbocycles. The molecule has 0 aromatic heterocycles. The zero-order valence-corrected chi connectivity index (χ0v) is 20.8. The fourth-order valence-electron chi connectivity index (χ4n) is 4.46. The monoisotopic (exact) mass is 458 g/mol. The van der Waals surface area contributed by atoms with Gasteiger partial charge in [-0.1, -0.05) is 51.0 Å². The standard InChI is InChI=1S/C26H38N2O3S/c1-5-8-10-11-15-23-22-19-24(31-4)21(14-12-13-17-27)18-25(22)32(29,30)20-26(7-3,28-23)16-9-6-2/h5,8,10-11,18-19,23,28H,6-7,9,12-16,20H2,1-4H3. The number of allylic oxidation sites excluding steroid dienone is 3. The van der Waals surface area contributed by atoms with E-state index in [1.165, 1.54) is 0 Å². The van der Waals surface area contributed by atoms with Crippen molar-refractivity contribution < 1.29 is 13.2 Å². The van der Waals surface area contributed by atoms with E-state index in [-0.39, 0.29) is 11.8 Å². The second-order valence-electron chi connectivity index (χ2n) is 8.60. The van der Waals surface area contributed by atoms with Gasteiger partial charge in [0.2, 0.25) is 0 Å². The first-order valence-corrected chi connectivity index (χ1v) is 13.4. The first-order valence-electron chi connectivity index (χ1n) is 11.7. The summed E-state index contributed by atoms with van der Waals surface area (Å²) in [5.41, 5.74) is 1.18. The number of nitriles is 1. The second-order valence-corrected chi connectivity index (χ2v) is 10.6. The quantitative estimate of drug-likeness (QED) is 0.334. The number of nitrogens with one attached hydrogen (secondary N) is 1. The van der Waals surface area contributed by atoms with Crippen molar-refractivity contribution in [3.8, 4) is 11.8 Å². The van der Waals surface area contributed by atoms with Crippen molar-refractivity contribution in [2.45, 2.75) is 88.6 Å². The first-order chi connectivity index (χ1) is 15.4. The Balaban J connectivity index is 2.62. The molecule has 2 unspecified atom stereocenters. The number of hydrogen-bond donors (Lipinski definition) is 1. The fraction of sp³-hybridized carbons (Fsp3) is 0.577. The molecule has 0 bridgehead atoms. The van der Waals surface area contributed by atoms with Gasteiger partial charge in [-0.3, -0.25) is 0 Å². The lowest BCUT2D eigenvalue weighted by Crippen LogP contribution is -2.49. The number of benzene rings is 1. The molecule has 0 aliphatic carbocycles. The van der Waals surface area contributed by atoms with Crippen LogP contribution >= 0.6 is 0 Å². The summed E-state index contributed by atoms with van der Waals surface area (Å²) < 4.78 is 33.0. The SMILES string of the molecule is CC=CC=CCC1NC(CC)(CCCC)CS(=O)(=O)c2cc(CCCC#N)c(OC)cc21. The van der Waals surface area contributed by atoms with Gasteiger partial charge in [0.15, 0.2) is 9.84 Å². The minimum atomic E-state index is -3.50. The van der Waals surface area contributed by atoms with Crippen LogP contribution in [0.4, 0.5) is 0 Å². The molecule has 0 amide bonds. The zero-order chi connectivity index (χ0) is 23.6. The molecule has 1 aromatic rings. The van der Waals surface area contributed by atoms with Crippen molar-refractivity contribution in [2.24, 2.45) is 0 Å². The number of fused-ring (bicyclic) bond motifs is 1. The van der Waals surface area contributed by atoms with E-state index in [0.717, 1.165) is 36.8 Å². The van der Waals surface area contributed by atoms with Crippen molar-refractivity contribution >= 4 is 9.84 Å². The van der Waals surface area contributed by atoms with Crippen molar-refractivity contribution in [1.29, 1.82) is 5.26 Å². The minimum absolute atomic E-state index is 0.0997. The summed E-state index contributed by atoms with van der Waals surface area (Å²) in [6, 6.07) is 5.74. The second kappa shape index (κ2) is 12.2. The van der Waals surface area contributed by atoms with Crippen LogP contribution in [0, 0.1) is 11.3 Å². The highest BCUT2D eigenvalue weighted by Crippen LogP contribution is 2.40. The van der Waals surface area contributed by atoms with Gasteiger partial charge < -0.3 is 10.1 Å². The highest BCUT2D eigenvalue weighted by Gasteiger charge is 2.41. The molecule has 32 heavy (non-hydrogen) atoms. The van der Waals surface area contributed by atoms with E-state index in [1.807, 2.05) is 31.2 Å². The average molecular weight is 459 g/mol. The predicted molar refractivity (Wildman–Crippen MR) is 131 cm³/mol. The number of methoxy groups -OCH3 is 1. The summed E-state index contributed by atoms with van der Waals surface area (Å²) in [4.78, 5) is 0.411. The molecular weight excluding hydrogens is 420 g/mol. The maximum Gasteiger partial charge on any atom is 0.180 e. The van der Waals surface area contributed by atoms with E-state index >= 15 is 0 Å². The highest BCUT2D eigenvalue weighted by atomic mass is 32.2. The average Bonchev–Trinajstić information content (AvgIpc) is 2.87. The van der Waals surface area contributed by atoms with Gasteiger partial charge in [-0.2, -0.15) is 5.26 Å². The molecular formula is C26H38N2O3S. The number of unbranched alkanes of at least 4 members (excludes halogenated alkanes) is 2. The molecule has 0 saturated heterocycles. The molecule has 1 aliphatic heterocycles. The van der Waals surface area contributed by atoms with Gasteiger partial charge in [0.05, 0.1) is 23.8 Å². The maximum absolute atomic E-state index is 13.7. The van der Waals surface area contributed by atoms with Crippen molar-refractivity contribution in [3.05, 3.63) is 47.6 Å². The van der Waals surface area contributed by atoms with E-state index in [0.29, 0.717) is 36.3 Å². The van der Waals surface area contributed by atoms with E-state index in [4.69, 9.17) is 10.00 Å². The van der Waals surface area contributed by atoms with Crippen molar-refractivity contribution in [3.63, 3.8) is 0 Å². The lowest BCUT2D eigenvalue weighted by atomic mass is 9.88. The van der Waals surface area contributed by atoms with Crippen molar-refractivity contribution in [1.82, 2.24) is 5.32 Å². The normalized spacial score (nSPS) is 22.5. The van der Waals surface area contributed by atoms with Crippen LogP contribution in [0.2, 0.25) is 0 Å². The maximum atomic E-state index is 13.7. The molecule has 5 nitrogen and oxygen atoms in total. The fourth-order valence-corrected chi connectivity index (χ4v) is 6.66. The molecule has 1 aliphatic rings. The van der Waals surface area contributed by atoms with E-state index in [2.05, 4.69) is 31.3 Å². The van der Waals surface area contributed by atoms with E-state index in [9.17, 15) is 8.42 Å². The van der Waals surface area contributed by atoms with Gasteiger partial charge >= 0.3 is 0 Å². The summed E-state index contributed by atoms with van der Waals surface area (Å²) >= 11 is 0. The molecule has 0 spiro atoms. The van der Waals surface area contributed by atoms with Crippen LogP contribution in [0.5, 0.6) is 5.75 Å². The van der Waals surface area contributed by atoms with Gasteiger partial charge in [0, 0.05) is 18.0 Å². The Morgan fingerprint density at radius 3 is 2.69 bits per heavy atom. The topological polar surface area (TPSA) is 79.2 Å². The molecule has 1 aromatic carbocycles. The zero-order valence-electron chi connectivity index (χ0n) is 20.0. The smallest absolute Gasteiger partial charge is 0.180 e. The first kappa shape index (κ1) is 26.2. The Morgan fingerprint density at radius 1 is 1.28 bits per heavy atom. The van der Waals surface area contributed by atoms with Crippen LogP contribution in [-0.4, -0.2) is 26.8 Å². The molecule has 6 heteroatoms. The largest absolute Gasteiger partial charge is 0.496 e. The third kappa shape index (κ3) is 6.46. The van der Waals surface area contributed by atoms with E-state index < -0.39 is 15.4 Å². The van der Waals surface area contributed by atoms with Gasteiger partial charge in [-0.05, 0) is 62.3 Å². The minimum Gasteiger partial charge on any atom is -0.496 e. The van der Waals surface area contributed by atoms with Crippen LogP contribution in [0.3, 0.4) is 0 Å². The summed E-state index contributed by atoms with van der Waals surface area (Å²) in [5.74, 6) is 0.793. The molecule has 2 atom stereocenters. The molecule has 0 fully saturated rings. The Morgan fingerprint density at radius 2 is 2.06 bits per heavy atom. The molecule has 0 radical (unpaired) electrons. The third-order valence-corrected chi connectivity index (χ3v) is 8.26. The summed E-state index contributed by atoms with van der Waals surface area (Å²) in [5, 5.41) is 12.7. The molecule has 2 rings (SSSR count). The number of nitrogens with zero attached hydrogens (tertiary/aromatic N) is 1. The van der Waals surface area contributed by atoms with Crippen LogP contribution < -0.4 is 10.1 Å². The number of sulfone groups is 1. The highest BCUT2D eigenvalue weighted by molar-refractivity contribution is 7.91. The van der Waals surface area contributed by atoms with Crippen LogP contribution in [0.1, 0.15) is 82.9 Å². The van der Waals surface area contributed by atoms with Gasteiger partial charge in [0.25, 0.3) is 0 Å².